The van der Waals surface area contributed by atoms with E-state index >= 15 is 0 Å². The van der Waals surface area contributed by atoms with Crippen LogP contribution in [0.25, 0.3) is 0 Å². The van der Waals surface area contributed by atoms with Crippen LogP contribution in [-0.2, 0) is 16.1 Å². The predicted molar refractivity (Wildman–Crippen MR) is 119 cm³/mol. The van der Waals surface area contributed by atoms with Gasteiger partial charge in [-0.25, -0.2) is 9.18 Å². The molecule has 0 fully saturated rings. The second kappa shape index (κ2) is 10.3. The number of para-hydroxylation sites is 1. The summed E-state index contributed by atoms with van der Waals surface area (Å²) in [5, 5.41) is 2.72. The van der Waals surface area contributed by atoms with Crippen LogP contribution in [-0.4, -0.2) is 36.3 Å². The maximum absolute atomic E-state index is 13.0. The van der Waals surface area contributed by atoms with Crippen molar-refractivity contribution in [3.63, 3.8) is 0 Å². The van der Waals surface area contributed by atoms with Crippen molar-refractivity contribution < 1.29 is 23.5 Å². The van der Waals surface area contributed by atoms with Gasteiger partial charge in [-0.05, 0) is 48.9 Å². The monoisotopic (exact) mass is 434 g/mol. The number of anilines is 1. The first-order valence-electron chi connectivity index (χ1n) is 9.96. The lowest BCUT2D eigenvalue weighted by Crippen LogP contribution is -2.31. The smallest absolute Gasteiger partial charge is 0.340 e. The Labute approximate surface area is 185 Å². The number of ether oxygens (including phenoxy) is 1. The zero-order valence-electron chi connectivity index (χ0n) is 17.8. The molecule has 0 aliphatic rings. The van der Waals surface area contributed by atoms with E-state index < -0.39 is 18.5 Å². The number of amides is 2. The van der Waals surface area contributed by atoms with Crippen LogP contribution in [0.4, 0.5) is 10.1 Å². The van der Waals surface area contributed by atoms with Gasteiger partial charge in [0.05, 0.1) is 11.3 Å². The normalized spacial score (nSPS) is 10.3. The van der Waals surface area contributed by atoms with Crippen molar-refractivity contribution in [2.45, 2.75) is 13.5 Å². The number of likely N-dealkylation sites (N-methyl/N-ethyl adjacent to an activating group) is 1. The number of esters is 1. The van der Waals surface area contributed by atoms with Gasteiger partial charge in [0, 0.05) is 19.2 Å². The van der Waals surface area contributed by atoms with Crippen molar-refractivity contribution in [1.82, 2.24) is 4.90 Å². The van der Waals surface area contributed by atoms with Gasteiger partial charge in [0.25, 0.3) is 11.8 Å². The SMILES string of the molecule is Cc1cccc(C(=O)Nc2ccccc2C(=O)OCC(=O)N(C)Cc2ccc(F)cc2)c1. The molecule has 3 aromatic rings. The summed E-state index contributed by atoms with van der Waals surface area (Å²) in [6, 6.07) is 19.3. The zero-order valence-corrected chi connectivity index (χ0v) is 17.8. The van der Waals surface area contributed by atoms with E-state index in [9.17, 15) is 18.8 Å². The van der Waals surface area contributed by atoms with E-state index in [1.165, 1.54) is 23.1 Å². The van der Waals surface area contributed by atoms with Crippen molar-refractivity contribution >= 4 is 23.5 Å². The minimum atomic E-state index is -0.728. The highest BCUT2D eigenvalue weighted by atomic mass is 19.1. The van der Waals surface area contributed by atoms with Gasteiger partial charge in [0.15, 0.2) is 6.61 Å². The van der Waals surface area contributed by atoms with Crippen molar-refractivity contribution in [2.75, 3.05) is 19.0 Å². The van der Waals surface area contributed by atoms with E-state index in [0.717, 1.165) is 11.1 Å². The lowest BCUT2D eigenvalue weighted by atomic mass is 10.1. The third kappa shape index (κ3) is 6.01. The lowest BCUT2D eigenvalue weighted by molar-refractivity contribution is -0.133. The molecule has 3 rings (SSSR count). The fraction of sp³-hybridized carbons (Fsp3) is 0.160. The van der Waals surface area contributed by atoms with Gasteiger partial charge in [-0.1, -0.05) is 42.0 Å². The molecule has 0 unspecified atom stereocenters. The Morgan fingerprint density at radius 1 is 0.969 bits per heavy atom. The standard InChI is InChI=1S/C25H23FN2O4/c1-17-6-5-7-19(14-17)24(30)27-22-9-4-3-8-21(22)25(31)32-16-23(29)28(2)15-18-10-12-20(26)13-11-18/h3-14H,15-16H2,1-2H3,(H,27,30). The summed E-state index contributed by atoms with van der Waals surface area (Å²) in [6.45, 7) is 1.67. The molecule has 32 heavy (non-hydrogen) atoms. The lowest BCUT2D eigenvalue weighted by Gasteiger charge is -2.17. The largest absolute Gasteiger partial charge is 0.452 e. The van der Waals surface area contributed by atoms with E-state index in [4.69, 9.17) is 4.74 Å². The minimum Gasteiger partial charge on any atom is -0.452 e. The van der Waals surface area contributed by atoms with E-state index in [1.807, 2.05) is 13.0 Å². The Morgan fingerprint density at radius 2 is 1.69 bits per heavy atom. The van der Waals surface area contributed by atoms with Gasteiger partial charge in [-0.15, -0.1) is 0 Å². The highest BCUT2D eigenvalue weighted by molar-refractivity contribution is 6.08. The molecule has 164 valence electrons. The maximum Gasteiger partial charge on any atom is 0.340 e. The van der Waals surface area contributed by atoms with Gasteiger partial charge in [-0.3, -0.25) is 9.59 Å². The molecule has 7 heteroatoms. The summed E-state index contributed by atoms with van der Waals surface area (Å²) in [6.07, 6.45) is 0. The van der Waals surface area contributed by atoms with Crippen molar-refractivity contribution in [2.24, 2.45) is 0 Å². The molecule has 3 aromatic carbocycles. The van der Waals surface area contributed by atoms with E-state index in [2.05, 4.69) is 5.32 Å². The second-order valence-electron chi connectivity index (χ2n) is 7.32. The van der Waals surface area contributed by atoms with E-state index in [-0.39, 0.29) is 29.5 Å². The van der Waals surface area contributed by atoms with Crippen LogP contribution in [0.1, 0.15) is 31.8 Å². The number of hydrogen-bond acceptors (Lipinski definition) is 4. The van der Waals surface area contributed by atoms with Gasteiger partial charge >= 0.3 is 5.97 Å². The number of nitrogens with zero attached hydrogens (tertiary/aromatic N) is 1. The average molecular weight is 434 g/mol. The molecule has 6 nitrogen and oxygen atoms in total. The summed E-state index contributed by atoms with van der Waals surface area (Å²) >= 11 is 0. The molecule has 0 aliphatic carbocycles. The maximum atomic E-state index is 13.0. The van der Waals surface area contributed by atoms with Crippen LogP contribution < -0.4 is 5.32 Å². The molecule has 0 spiro atoms. The van der Waals surface area contributed by atoms with Crippen LogP contribution in [0, 0.1) is 12.7 Å². The minimum absolute atomic E-state index is 0.141. The van der Waals surface area contributed by atoms with Gasteiger partial charge < -0.3 is 15.0 Å². The molecule has 0 aromatic heterocycles. The number of rotatable bonds is 7. The summed E-state index contributed by atoms with van der Waals surface area (Å²) in [4.78, 5) is 38.8. The Bertz CT molecular complexity index is 1130. The van der Waals surface area contributed by atoms with Crippen molar-refractivity contribution in [3.05, 3.63) is 101 Å². The van der Waals surface area contributed by atoms with Gasteiger partial charge in [0.1, 0.15) is 5.82 Å². The van der Waals surface area contributed by atoms with Crippen LogP contribution in [0.15, 0.2) is 72.8 Å². The van der Waals surface area contributed by atoms with Crippen molar-refractivity contribution in [3.8, 4) is 0 Å². The van der Waals surface area contributed by atoms with Crippen LogP contribution in [0.3, 0.4) is 0 Å². The van der Waals surface area contributed by atoms with Crippen molar-refractivity contribution in [1.29, 1.82) is 0 Å². The molecule has 2 amide bonds. The Balaban J connectivity index is 1.61. The molecular formula is C25H23FN2O4. The zero-order chi connectivity index (χ0) is 23.1. The average Bonchev–Trinajstić information content (AvgIpc) is 2.79. The first kappa shape index (κ1) is 22.7. The Kier molecular flexibility index (Phi) is 7.33. The molecular weight excluding hydrogens is 411 g/mol. The van der Waals surface area contributed by atoms with Crippen LogP contribution >= 0.6 is 0 Å². The highest BCUT2D eigenvalue weighted by Gasteiger charge is 2.18. The third-order valence-electron chi connectivity index (χ3n) is 4.76. The number of hydrogen-bond donors (Lipinski definition) is 1. The highest BCUT2D eigenvalue weighted by Crippen LogP contribution is 2.18. The van der Waals surface area contributed by atoms with Gasteiger partial charge in [-0.2, -0.15) is 0 Å². The number of carbonyl (C=O) groups excluding carboxylic acids is 3. The summed E-state index contributed by atoms with van der Waals surface area (Å²) in [5.74, 6) is -1.86. The molecule has 0 saturated carbocycles. The van der Waals surface area contributed by atoms with Crippen LogP contribution in [0.5, 0.6) is 0 Å². The number of aryl methyl sites for hydroxylation is 1. The molecule has 0 atom stereocenters. The summed E-state index contributed by atoms with van der Waals surface area (Å²) in [5.41, 5.74) is 2.58. The quantitative estimate of drug-likeness (QED) is 0.566. The van der Waals surface area contributed by atoms with E-state index in [1.54, 1.807) is 55.6 Å². The fourth-order valence-electron chi connectivity index (χ4n) is 3.02. The number of halogens is 1. The molecule has 0 bridgehead atoms. The predicted octanol–water partition coefficient (Wildman–Crippen LogP) is 4.20. The molecule has 0 saturated heterocycles. The molecule has 1 N–H and O–H groups in total. The summed E-state index contributed by atoms with van der Waals surface area (Å²) < 4.78 is 18.2. The number of nitrogens with one attached hydrogen (secondary N) is 1. The first-order chi connectivity index (χ1) is 15.3. The second-order valence-corrected chi connectivity index (χ2v) is 7.32. The Morgan fingerprint density at radius 3 is 2.41 bits per heavy atom. The molecule has 0 aliphatic heterocycles. The Hall–Kier alpha value is -4.00. The molecule has 0 heterocycles. The molecule has 0 radical (unpaired) electrons. The first-order valence-corrected chi connectivity index (χ1v) is 9.96. The fourth-order valence-corrected chi connectivity index (χ4v) is 3.02. The number of benzene rings is 3. The van der Waals surface area contributed by atoms with Crippen LogP contribution in [0.2, 0.25) is 0 Å². The number of carbonyl (C=O) groups is 3. The van der Waals surface area contributed by atoms with Gasteiger partial charge in [0.2, 0.25) is 0 Å². The van der Waals surface area contributed by atoms with E-state index in [0.29, 0.717) is 5.56 Å². The topological polar surface area (TPSA) is 75.7 Å². The summed E-state index contributed by atoms with van der Waals surface area (Å²) in [7, 11) is 1.57. The third-order valence-corrected chi connectivity index (χ3v) is 4.76.